The minimum Gasteiger partial charge on any atom is -0.497 e. The van der Waals surface area contributed by atoms with E-state index in [-0.39, 0.29) is 11.6 Å². The zero-order valence-corrected chi connectivity index (χ0v) is 10.6. The second-order valence-corrected chi connectivity index (χ2v) is 3.61. The maximum atomic E-state index is 12.0. The van der Waals surface area contributed by atoms with Gasteiger partial charge in [-0.3, -0.25) is 4.79 Å². The van der Waals surface area contributed by atoms with Crippen molar-refractivity contribution >= 4 is 11.6 Å². The van der Waals surface area contributed by atoms with Gasteiger partial charge in [0.05, 0.1) is 19.9 Å². The van der Waals surface area contributed by atoms with Gasteiger partial charge in [-0.05, 0) is 18.2 Å². The summed E-state index contributed by atoms with van der Waals surface area (Å²) >= 11 is 0. The topological polar surface area (TPSA) is 73.3 Å². The van der Waals surface area contributed by atoms with Gasteiger partial charge in [-0.25, -0.2) is 9.97 Å². The number of nitrogens with one attached hydrogen (secondary N) is 1. The molecule has 0 saturated heterocycles. The predicted molar refractivity (Wildman–Crippen MR) is 69.5 cm³/mol. The third-order valence-corrected chi connectivity index (χ3v) is 2.47. The van der Waals surface area contributed by atoms with Gasteiger partial charge in [0, 0.05) is 12.3 Å². The van der Waals surface area contributed by atoms with Gasteiger partial charge in [-0.15, -0.1) is 0 Å². The monoisotopic (exact) mass is 259 g/mol. The molecule has 0 unspecified atom stereocenters. The fourth-order valence-electron chi connectivity index (χ4n) is 1.52. The highest BCUT2D eigenvalue weighted by Gasteiger charge is 2.11. The SMILES string of the molecule is COc1ccc(OC)c(NC(=O)c2ccncn2)c1. The Kier molecular flexibility index (Phi) is 3.92. The lowest BCUT2D eigenvalue weighted by molar-refractivity contribution is 0.102. The molecule has 0 radical (unpaired) electrons. The van der Waals surface area contributed by atoms with Crippen LogP contribution in [0, 0.1) is 0 Å². The molecule has 0 saturated carbocycles. The largest absolute Gasteiger partial charge is 0.497 e. The minimum atomic E-state index is -0.339. The molecule has 0 aliphatic rings. The first kappa shape index (κ1) is 12.8. The Labute approximate surface area is 110 Å². The van der Waals surface area contributed by atoms with Gasteiger partial charge < -0.3 is 14.8 Å². The van der Waals surface area contributed by atoms with Crippen molar-refractivity contribution in [2.24, 2.45) is 0 Å². The third kappa shape index (κ3) is 2.98. The molecular weight excluding hydrogens is 246 g/mol. The Hall–Kier alpha value is -2.63. The molecule has 0 spiro atoms. The van der Waals surface area contributed by atoms with E-state index in [0.29, 0.717) is 17.2 Å². The second kappa shape index (κ2) is 5.81. The van der Waals surface area contributed by atoms with Crippen molar-refractivity contribution in [3.8, 4) is 11.5 Å². The van der Waals surface area contributed by atoms with E-state index in [1.54, 1.807) is 25.3 Å². The second-order valence-electron chi connectivity index (χ2n) is 3.61. The number of hydrogen-bond acceptors (Lipinski definition) is 5. The summed E-state index contributed by atoms with van der Waals surface area (Å²) in [4.78, 5) is 19.6. The van der Waals surface area contributed by atoms with Gasteiger partial charge in [0.25, 0.3) is 5.91 Å². The lowest BCUT2D eigenvalue weighted by Crippen LogP contribution is -2.14. The van der Waals surface area contributed by atoms with Gasteiger partial charge in [0.1, 0.15) is 23.5 Å². The van der Waals surface area contributed by atoms with E-state index in [9.17, 15) is 4.79 Å². The van der Waals surface area contributed by atoms with Crippen LogP contribution in [0.15, 0.2) is 36.8 Å². The maximum absolute atomic E-state index is 12.0. The first-order valence-electron chi connectivity index (χ1n) is 5.54. The zero-order chi connectivity index (χ0) is 13.7. The number of ether oxygens (including phenoxy) is 2. The smallest absolute Gasteiger partial charge is 0.274 e. The summed E-state index contributed by atoms with van der Waals surface area (Å²) in [5.74, 6) is 0.830. The Bertz CT molecular complexity index is 573. The molecule has 0 aliphatic heterocycles. The molecule has 2 rings (SSSR count). The molecule has 0 aliphatic carbocycles. The number of rotatable bonds is 4. The summed E-state index contributed by atoms with van der Waals surface area (Å²) < 4.78 is 10.3. The van der Waals surface area contributed by atoms with Crippen LogP contribution >= 0.6 is 0 Å². The number of hydrogen-bond donors (Lipinski definition) is 1. The Morgan fingerprint density at radius 3 is 2.68 bits per heavy atom. The molecule has 98 valence electrons. The number of anilines is 1. The average Bonchev–Trinajstić information content (AvgIpc) is 2.48. The van der Waals surface area contributed by atoms with E-state index in [2.05, 4.69) is 15.3 Å². The summed E-state index contributed by atoms with van der Waals surface area (Å²) in [7, 11) is 3.08. The van der Waals surface area contributed by atoms with Crippen LogP contribution in [0.4, 0.5) is 5.69 Å². The van der Waals surface area contributed by atoms with E-state index < -0.39 is 0 Å². The summed E-state index contributed by atoms with van der Waals surface area (Å²) in [5.41, 5.74) is 0.797. The molecule has 1 aromatic heterocycles. The predicted octanol–water partition coefficient (Wildman–Crippen LogP) is 1.75. The lowest BCUT2D eigenvalue weighted by Gasteiger charge is -2.11. The maximum Gasteiger partial charge on any atom is 0.274 e. The number of aromatic nitrogens is 2. The van der Waals surface area contributed by atoms with Crippen LogP contribution < -0.4 is 14.8 Å². The minimum absolute atomic E-state index is 0.278. The first-order valence-corrected chi connectivity index (χ1v) is 5.54. The standard InChI is InChI=1S/C13H13N3O3/c1-18-9-3-4-12(19-2)11(7-9)16-13(17)10-5-6-14-8-15-10/h3-8H,1-2H3,(H,16,17). The third-order valence-electron chi connectivity index (χ3n) is 2.47. The average molecular weight is 259 g/mol. The van der Waals surface area contributed by atoms with E-state index in [1.807, 2.05) is 0 Å². The Morgan fingerprint density at radius 1 is 1.21 bits per heavy atom. The van der Waals surface area contributed by atoms with Crippen LogP contribution in [-0.4, -0.2) is 30.1 Å². The Morgan fingerprint density at radius 2 is 2.05 bits per heavy atom. The number of nitrogens with zero attached hydrogens (tertiary/aromatic N) is 2. The fourth-order valence-corrected chi connectivity index (χ4v) is 1.52. The van der Waals surface area contributed by atoms with Crippen molar-refractivity contribution in [3.63, 3.8) is 0 Å². The van der Waals surface area contributed by atoms with E-state index in [1.165, 1.54) is 25.7 Å². The van der Waals surface area contributed by atoms with Crippen LogP contribution in [0.3, 0.4) is 0 Å². The molecular formula is C13H13N3O3. The molecule has 0 atom stereocenters. The van der Waals surface area contributed by atoms with Crippen molar-refractivity contribution in [2.75, 3.05) is 19.5 Å². The molecule has 6 nitrogen and oxygen atoms in total. The number of methoxy groups -OCH3 is 2. The van der Waals surface area contributed by atoms with Crippen molar-refractivity contribution in [1.82, 2.24) is 9.97 Å². The molecule has 1 amide bonds. The molecule has 0 fully saturated rings. The van der Waals surface area contributed by atoms with Gasteiger partial charge in [-0.1, -0.05) is 0 Å². The summed E-state index contributed by atoms with van der Waals surface area (Å²) in [6, 6.07) is 6.67. The molecule has 1 N–H and O–H groups in total. The number of benzene rings is 1. The Balaban J connectivity index is 2.25. The normalized spacial score (nSPS) is 9.79. The molecule has 1 heterocycles. The van der Waals surface area contributed by atoms with Gasteiger partial charge in [-0.2, -0.15) is 0 Å². The van der Waals surface area contributed by atoms with Gasteiger partial charge in [0.15, 0.2) is 0 Å². The number of amides is 1. The molecule has 1 aromatic carbocycles. The van der Waals surface area contributed by atoms with Crippen LogP contribution in [-0.2, 0) is 0 Å². The lowest BCUT2D eigenvalue weighted by atomic mass is 10.2. The highest BCUT2D eigenvalue weighted by Crippen LogP contribution is 2.29. The zero-order valence-electron chi connectivity index (χ0n) is 10.6. The van der Waals surface area contributed by atoms with Crippen molar-refractivity contribution in [3.05, 3.63) is 42.5 Å². The van der Waals surface area contributed by atoms with Crippen molar-refractivity contribution in [1.29, 1.82) is 0 Å². The van der Waals surface area contributed by atoms with E-state index in [0.717, 1.165) is 0 Å². The van der Waals surface area contributed by atoms with Gasteiger partial charge >= 0.3 is 0 Å². The summed E-state index contributed by atoms with van der Waals surface area (Å²) in [6.45, 7) is 0. The van der Waals surface area contributed by atoms with Crippen LogP contribution in [0.2, 0.25) is 0 Å². The molecule has 6 heteroatoms. The van der Waals surface area contributed by atoms with E-state index >= 15 is 0 Å². The summed E-state index contributed by atoms with van der Waals surface area (Å²) in [6.07, 6.45) is 2.82. The number of carbonyl (C=O) groups is 1. The van der Waals surface area contributed by atoms with E-state index in [4.69, 9.17) is 9.47 Å². The first-order chi connectivity index (χ1) is 9.24. The van der Waals surface area contributed by atoms with Crippen LogP contribution in [0.5, 0.6) is 11.5 Å². The van der Waals surface area contributed by atoms with Gasteiger partial charge in [0.2, 0.25) is 0 Å². The number of carbonyl (C=O) groups excluding carboxylic acids is 1. The molecule has 0 bridgehead atoms. The van der Waals surface area contributed by atoms with Crippen molar-refractivity contribution < 1.29 is 14.3 Å². The molecule has 2 aromatic rings. The molecule has 19 heavy (non-hydrogen) atoms. The van der Waals surface area contributed by atoms with Crippen LogP contribution in [0.1, 0.15) is 10.5 Å². The summed E-state index contributed by atoms with van der Waals surface area (Å²) in [5, 5.41) is 2.72. The quantitative estimate of drug-likeness (QED) is 0.905. The van der Waals surface area contributed by atoms with Crippen LogP contribution in [0.25, 0.3) is 0 Å². The highest BCUT2D eigenvalue weighted by molar-refractivity contribution is 6.03. The fraction of sp³-hybridized carbons (Fsp3) is 0.154. The van der Waals surface area contributed by atoms with Crippen molar-refractivity contribution in [2.45, 2.75) is 0 Å². The highest BCUT2D eigenvalue weighted by atomic mass is 16.5.